The standard InChI is InChI=1S/C13H27O3/c1-2-3-4-7-10-15-11-8-5-6-9-12-16-13-14/h2-13H2,1H3. The second kappa shape index (κ2) is 14.9. The van der Waals surface area contributed by atoms with Gasteiger partial charge in [-0.2, -0.15) is 0 Å². The molecule has 0 bridgehead atoms. The van der Waals surface area contributed by atoms with Gasteiger partial charge in [-0.25, -0.2) is 5.11 Å². The van der Waals surface area contributed by atoms with E-state index in [-0.39, 0.29) is 0 Å². The molecule has 0 aliphatic carbocycles. The molecule has 0 aliphatic heterocycles. The van der Waals surface area contributed by atoms with Crippen LogP contribution in [-0.2, 0) is 14.6 Å². The van der Waals surface area contributed by atoms with Gasteiger partial charge >= 0.3 is 0 Å². The molecule has 0 rings (SSSR count). The van der Waals surface area contributed by atoms with E-state index in [9.17, 15) is 5.11 Å². The maximum atomic E-state index is 9.97. The van der Waals surface area contributed by atoms with Gasteiger partial charge < -0.3 is 9.47 Å². The fraction of sp³-hybridized carbons (Fsp3) is 1.00. The number of hydrogen-bond donors (Lipinski definition) is 0. The Morgan fingerprint density at radius 1 is 0.688 bits per heavy atom. The van der Waals surface area contributed by atoms with Crippen LogP contribution in [-0.4, -0.2) is 26.6 Å². The second-order valence-corrected chi connectivity index (χ2v) is 4.11. The smallest absolute Gasteiger partial charge is 0.180 e. The zero-order valence-corrected chi connectivity index (χ0v) is 10.7. The van der Waals surface area contributed by atoms with Crippen LogP contribution in [0.4, 0.5) is 0 Å². The molecular weight excluding hydrogens is 204 g/mol. The van der Waals surface area contributed by atoms with E-state index in [1.54, 1.807) is 0 Å². The molecule has 0 unspecified atom stereocenters. The Labute approximate surface area is 100 Å². The molecule has 3 nitrogen and oxygen atoms in total. The molecule has 0 aromatic heterocycles. The molecule has 0 fully saturated rings. The van der Waals surface area contributed by atoms with Crippen molar-refractivity contribution < 1.29 is 14.6 Å². The van der Waals surface area contributed by atoms with Crippen molar-refractivity contribution >= 4 is 0 Å². The van der Waals surface area contributed by atoms with Crippen molar-refractivity contribution in [2.75, 3.05) is 26.6 Å². The van der Waals surface area contributed by atoms with E-state index in [0.717, 1.165) is 32.5 Å². The van der Waals surface area contributed by atoms with Crippen molar-refractivity contribution in [3.8, 4) is 0 Å². The van der Waals surface area contributed by atoms with E-state index < -0.39 is 6.79 Å². The Morgan fingerprint density at radius 3 is 1.69 bits per heavy atom. The van der Waals surface area contributed by atoms with Crippen molar-refractivity contribution in [2.45, 2.75) is 58.3 Å². The van der Waals surface area contributed by atoms with E-state index in [0.29, 0.717) is 6.61 Å². The zero-order chi connectivity index (χ0) is 11.9. The van der Waals surface area contributed by atoms with Crippen LogP contribution in [0.1, 0.15) is 58.3 Å². The second-order valence-electron chi connectivity index (χ2n) is 4.11. The molecule has 0 atom stereocenters. The van der Waals surface area contributed by atoms with Crippen LogP contribution in [0.2, 0.25) is 0 Å². The van der Waals surface area contributed by atoms with Gasteiger partial charge in [0.1, 0.15) is 0 Å². The third kappa shape index (κ3) is 13.9. The van der Waals surface area contributed by atoms with Crippen LogP contribution in [0.25, 0.3) is 0 Å². The Hall–Kier alpha value is -0.120. The summed E-state index contributed by atoms with van der Waals surface area (Å²) in [6.45, 7) is 4.23. The molecule has 0 aliphatic rings. The molecule has 1 radical (unpaired) electrons. The zero-order valence-electron chi connectivity index (χ0n) is 10.7. The minimum atomic E-state index is -0.402. The summed E-state index contributed by atoms with van der Waals surface area (Å²) in [5, 5.41) is 9.97. The highest BCUT2D eigenvalue weighted by Crippen LogP contribution is 2.02. The van der Waals surface area contributed by atoms with E-state index in [2.05, 4.69) is 6.92 Å². The Balaban J connectivity index is 2.83. The summed E-state index contributed by atoms with van der Waals surface area (Å²) in [5.41, 5.74) is 0. The molecule has 16 heavy (non-hydrogen) atoms. The van der Waals surface area contributed by atoms with Crippen LogP contribution in [0.3, 0.4) is 0 Å². The van der Waals surface area contributed by atoms with Crippen molar-refractivity contribution in [3.05, 3.63) is 0 Å². The monoisotopic (exact) mass is 231 g/mol. The minimum absolute atomic E-state index is 0.402. The first-order valence-corrected chi connectivity index (χ1v) is 6.65. The quantitative estimate of drug-likeness (QED) is 0.359. The molecular formula is C13H27O3. The SMILES string of the molecule is CCCCCCOCCCCCCOC[O]. The molecule has 0 N–H and O–H groups in total. The van der Waals surface area contributed by atoms with Gasteiger partial charge in [-0.1, -0.05) is 39.0 Å². The predicted molar refractivity (Wildman–Crippen MR) is 64.9 cm³/mol. The molecule has 0 saturated carbocycles. The van der Waals surface area contributed by atoms with E-state index in [1.807, 2.05) is 0 Å². The first-order valence-electron chi connectivity index (χ1n) is 6.65. The van der Waals surface area contributed by atoms with Crippen LogP contribution < -0.4 is 0 Å². The van der Waals surface area contributed by atoms with Crippen LogP contribution in [0, 0.1) is 0 Å². The van der Waals surface area contributed by atoms with E-state index in [1.165, 1.54) is 32.1 Å². The van der Waals surface area contributed by atoms with Gasteiger partial charge in [-0.3, -0.25) is 0 Å². The van der Waals surface area contributed by atoms with Gasteiger partial charge in [0.15, 0.2) is 6.79 Å². The van der Waals surface area contributed by atoms with Gasteiger partial charge in [0.25, 0.3) is 0 Å². The summed E-state index contributed by atoms with van der Waals surface area (Å²) < 4.78 is 10.3. The number of ether oxygens (including phenoxy) is 2. The molecule has 3 heteroatoms. The summed E-state index contributed by atoms with van der Waals surface area (Å²) in [6, 6.07) is 0. The summed E-state index contributed by atoms with van der Waals surface area (Å²) in [6.07, 6.45) is 9.54. The Kier molecular flexibility index (Phi) is 14.8. The highest BCUT2D eigenvalue weighted by atomic mass is 16.6. The van der Waals surface area contributed by atoms with Crippen LogP contribution in [0.5, 0.6) is 0 Å². The summed E-state index contributed by atoms with van der Waals surface area (Å²) in [4.78, 5) is 0. The largest absolute Gasteiger partial charge is 0.381 e. The lowest BCUT2D eigenvalue weighted by Crippen LogP contribution is -1.98. The summed E-state index contributed by atoms with van der Waals surface area (Å²) in [5.74, 6) is 0. The fourth-order valence-electron chi connectivity index (χ4n) is 1.55. The topological polar surface area (TPSA) is 38.4 Å². The maximum Gasteiger partial charge on any atom is 0.180 e. The van der Waals surface area contributed by atoms with Crippen molar-refractivity contribution in [1.82, 2.24) is 0 Å². The molecule has 0 aromatic rings. The van der Waals surface area contributed by atoms with Crippen LogP contribution >= 0.6 is 0 Å². The molecule has 0 spiro atoms. The average molecular weight is 231 g/mol. The molecule has 0 amide bonds. The summed E-state index contributed by atoms with van der Waals surface area (Å²) in [7, 11) is 0. The lowest BCUT2D eigenvalue weighted by Gasteiger charge is -2.04. The lowest BCUT2D eigenvalue weighted by molar-refractivity contribution is -0.0447. The predicted octanol–water partition coefficient (Wildman–Crippen LogP) is 3.55. The fourth-order valence-corrected chi connectivity index (χ4v) is 1.55. The van der Waals surface area contributed by atoms with Gasteiger partial charge in [0.2, 0.25) is 0 Å². The number of unbranched alkanes of at least 4 members (excludes halogenated alkanes) is 6. The van der Waals surface area contributed by atoms with Crippen molar-refractivity contribution in [1.29, 1.82) is 0 Å². The maximum absolute atomic E-state index is 9.97. The average Bonchev–Trinajstić information content (AvgIpc) is 2.31. The first-order chi connectivity index (χ1) is 7.91. The third-order valence-electron chi connectivity index (χ3n) is 2.55. The third-order valence-corrected chi connectivity index (χ3v) is 2.55. The van der Waals surface area contributed by atoms with Crippen LogP contribution in [0.15, 0.2) is 0 Å². The van der Waals surface area contributed by atoms with E-state index in [4.69, 9.17) is 9.47 Å². The highest BCUT2D eigenvalue weighted by molar-refractivity contribution is 4.43. The molecule has 97 valence electrons. The number of rotatable bonds is 13. The Bertz CT molecular complexity index is 104. The molecule has 0 heterocycles. The highest BCUT2D eigenvalue weighted by Gasteiger charge is 1.92. The molecule has 0 saturated heterocycles. The van der Waals surface area contributed by atoms with Gasteiger partial charge in [0, 0.05) is 19.8 Å². The van der Waals surface area contributed by atoms with Crippen molar-refractivity contribution in [2.24, 2.45) is 0 Å². The van der Waals surface area contributed by atoms with Gasteiger partial charge in [0.05, 0.1) is 0 Å². The number of hydrogen-bond acceptors (Lipinski definition) is 2. The normalized spacial score (nSPS) is 10.9. The minimum Gasteiger partial charge on any atom is -0.381 e. The van der Waals surface area contributed by atoms with Gasteiger partial charge in [-0.05, 0) is 19.3 Å². The molecule has 0 aromatic carbocycles. The van der Waals surface area contributed by atoms with E-state index >= 15 is 0 Å². The first kappa shape index (κ1) is 15.9. The van der Waals surface area contributed by atoms with Crippen molar-refractivity contribution in [3.63, 3.8) is 0 Å². The van der Waals surface area contributed by atoms with Gasteiger partial charge in [-0.15, -0.1) is 0 Å². The lowest BCUT2D eigenvalue weighted by atomic mass is 10.2. The Morgan fingerprint density at radius 2 is 1.19 bits per heavy atom. The summed E-state index contributed by atoms with van der Waals surface area (Å²) >= 11 is 0.